The van der Waals surface area contributed by atoms with Crippen molar-refractivity contribution in [2.75, 3.05) is 12.4 Å². The summed E-state index contributed by atoms with van der Waals surface area (Å²) in [5, 5.41) is 2.61. The number of amides is 1. The molecule has 5 nitrogen and oxygen atoms in total. The smallest absolute Gasteiger partial charge is 0.339 e. The molecule has 1 heterocycles. The zero-order chi connectivity index (χ0) is 15.1. The number of hydrogen-bond donors (Lipinski definition) is 1. The average Bonchev–Trinajstić information content (AvgIpc) is 2.54. The maximum Gasteiger partial charge on any atom is 0.339 e. The number of nitrogens with zero attached hydrogens (tertiary/aromatic N) is 1. The Kier molecular flexibility index (Phi) is 4.82. The Bertz CT molecular complexity index is 649. The lowest BCUT2D eigenvalue weighted by molar-refractivity contribution is -0.111. The van der Waals surface area contributed by atoms with Gasteiger partial charge in [0.05, 0.1) is 12.7 Å². The second-order valence-electron chi connectivity index (χ2n) is 4.16. The van der Waals surface area contributed by atoms with Gasteiger partial charge in [0.1, 0.15) is 5.82 Å². The monoisotopic (exact) mass is 282 g/mol. The third-order valence-corrected chi connectivity index (χ3v) is 2.66. The fourth-order valence-electron chi connectivity index (χ4n) is 1.61. The third kappa shape index (κ3) is 4.28. The van der Waals surface area contributed by atoms with E-state index in [2.05, 4.69) is 15.0 Å². The van der Waals surface area contributed by atoms with Gasteiger partial charge in [-0.3, -0.25) is 4.79 Å². The van der Waals surface area contributed by atoms with E-state index >= 15 is 0 Å². The largest absolute Gasteiger partial charge is 0.465 e. The van der Waals surface area contributed by atoms with Gasteiger partial charge in [-0.25, -0.2) is 9.78 Å². The van der Waals surface area contributed by atoms with Crippen molar-refractivity contribution >= 4 is 23.8 Å². The van der Waals surface area contributed by atoms with Crippen molar-refractivity contribution in [3.63, 3.8) is 0 Å². The lowest BCUT2D eigenvalue weighted by atomic mass is 10.2. The number of ether oxygens (including phenoxy) is 1. The van der Waals surface area contributed by atoms with Crippen LogP contribution in [0.1, 0.15) is 15.9 Å². The summed E-state index contributed by atoms with van der Waals surface area (Å²) in [7, 11) is 1.30. The summed E-state index contributed by atoms with van der Waals surface area (Å²) in [5.74, 6) is -0.396. The van der Waals surface area contributed by atoms with E-state index in [9.17, 15) is 9.59 Å². The van der Waals surface area contributed by atoms with E-state index in [1.165, 1.54) is 25.4 Å². The molecule has 0 spiro atoms. The highest BCUT2D eigenvalue weighted by Crippen LogP contribution is 2.07. The van der Waals surface area contributed by atoms with E-state index < -0.39 is 5.97 Å². The number of aromatic nitrogens is 1. The number of pyridine rings is 1. The highest BCUT2D eigenvalue weighted by molar-refractivity contribution is 6.01. The summed E-state index contributed by atoms with van der Waals surface area (Å²) in [6.45, 7) is 0. The zero-order valence-corrected chi connectivity index (χ0v) is 11.4. The van der Waals surface area contributed by atoms with Crippen molar-refractivity contribution in [2.45, 2.75) is 0 Å². The minimum absolute atomic E-state index is 0.294. The molecule has 0 atom stereocenters. The van der Waals surface area contributed by atoms with Gasteiger partial charge in [-0.2, -0.15) is 0 Å². The van der Waals surface area contributed by atoms with E-state index in [1.54, 1.807) is 12.1 Å². The van der Waals surface area contributed by atoms with Crippen LogP contribution in [0.15, 0.2) is 54.7 Å². The Morgan fingerprint density at radius 1 is 1.14 bits per heavy atom. The number of nitrogens with one attached hydrogen (secondary N) is 1. The summed E-state index contributed by atoms with van der Waals surface area (Å²) >= 11 is 0. The molecule has 0 saturated heterocycles. The molecule has 0 radical (unpaired) electrons. The molecule has 0 bridgehead atoms. The number of carbonyl (C=O) groups is 2. The zero-order valence-electron chi connectivity index (χ0n) is 11.4. The first-order chi connectivity index (χ1) is 10.2. The topological polar surface area (TPSA) is 68.3 Å². The molecule has 0 unspecified atom stereocenters. The second kappa shape index (κ2) is 7.00. The Morgan fingerprint density at radius 3 is 2.52 bits per heavy atom. The molecular formula is C16H14N2O3. The van der Waals surface area contributed by atoms with Crippen LogP contribution in [-0.4, -0.2) is 24.0 Å². The molecule has 1 amide bonds. The van der Waals surface area contributed by atoms with Crippen LogP contribution in [0.4, 0.5) is 5.82 Å². The molecule has 1 aromatic heterocycles. The first kappa shape index (κ1) is 14.5. The summed E-state index contributed by atoms with van der Waals surface area (Å²) < 4.78 is 4.57. The molecule has 0 aliphatic heterocycles. The summed E-state index contributed by atoms with van der Waals surface area (Å²) in [4.78, 5) is 27.0. The normalized spacial score (nSPS) is 10.3. The fraction of sp³-hybridized carbons (Fsp3) is 0.0625. The lowest BCUT2D eigenvalue weighted by Gasteiger charge is -2.02. The molecule has 2 aromatic rings. The van der Waals surface area contributed by atoms with Gasteiger partial charge in [0.15, 0.2) is 0 Å². The highest BCUT2D eigenvalue weighted by atomic mass is 16.5. The Labute approximate surface area is 122 Å². The summed E-state index contributed by atoms with van der Waals surface area (Å²) in [5.41, 5.74) is 1.26. The van der Waals surface area contributed by atoms with Crippen LogP contribution in [0, 0.1) is 0 Å². The van der Waals surface area contributed by atoms with E-state index in [4.69, 9.17) is 0 Å². The quantitative estimate of drug-likeness (QED) is 0.691. The number of methoxy groups -OCH3 is 1. The van der Waals surface area contributed by atoms with Crippen LogP contribution in [0.25, 0.3) is 6.08 Å². The Hall–Kier alpha value is -2.95. The van der Waals surface area contributed by atoms with Crippen molar-refractivity contribution in [1.82, 2.24) is 4.98 Å². The van der Waals surface area contributed by atoms with Gasteiger partial charge in [-0.05, 0) is 23.8 Å². The Balaban J connectivity index is 1.97. The van der Waals surface area contributed by atoms with Crippen LogP contribution in [0.2, 0.25) is 0 Å². The first-order valence-corrected chi connectivity index (χ1v) is 6.27. The third-order valence-electron chi connectivity index (χ3n) is 2.66. The standard InChI is InChI=1S/C16H14N2O3/c1-21-16(20)13-8-9-14(17-11-13)18-15(19)10-7-12-5-3-2-4-6-12/h2-11H,1H3,(H,17,18,19)/b10-7+. The van der Waals surface area contributed by atoms with E-state index in [0.717, 1.165) is 5.56 Å². The molecule has 2 rings (SSSR count). The molecule has 106 valence electrons. The van der Waals surface area contributed by atoms with Gasteiger partial charge >= 0.3 is 5.97 Å². The van der Waals surface area contributed by atoms with Crippen molar-refractivity contribution in [2.24, 2.45) is 0 Å². The van der Waals surface area contributed by atoms with Gasteiger partial charge < -0.3 is 10.1 Å². The lowest BCUT2D eigenvalue weighted by Crippen LogP contribution is -2.10. The van der Waals surface area contributed by atoms with Crippen LogP contribution in [0.3, 0.4) is 0 Å². The average molecular weight is 282 g/mol. The number of hydrogen-bond acceptors (Lipinski definition) is 4. The predicted molar refractivity (Wildman–Crippen MR) is 79.7 cm³/mol. The summed E-state index contributed by atoms with van der Waals surface area (Å²) in [6.07, 6.45) is 4.48. The molecule has 21 heavy (non-hydrogen) atoms. The van der Waals surface area contributed by atoms with Crippen molar-refractivity contribution in [3.8, 4) is 0 Å². The van der Waals surface area contributed by atoms with Crippen LogP contribution in [0.5, 0.6) is 0 Å². The van der Waals surface area contributed by atoms with Gasteiger partial charge in [0.25, 0.3) is 0 Å². The number of esters is 1. The molecule has 0 aliphatic carbocycles. The van der Waals surface area contributed by atoms with Crippen molar-refractivity contribution in [3.05, 3.63) is 65.9 Å². The summed E-state index contributed by atoms with van der Waals surface area (Å²) in [6, 6.07) is 12.6. The predicted octanol–water partition coefficient (Wildman–Crippen LogP) is 2.52. The van der Waals surface area contributed by atoms with Gasteiger partial charge in [0.2, 0.25) is 5.91 Å². The molecule has 0 aliphatic rings. The number of anilines is 1. The van der Waals surface area contributed by atoms with E-state index in [0.29, 0.717) is 11.4 Å². The van der Waals surface area contributed by atoms with E-state index in [1.807, 2.05) is 30.3 Å². The first-order valence-electron chi connectivity index (χ1n) is 6.27. The Morgan fingerprint density at radius 2 is 1.90 bits per heavy atom. The van der Waals surface area contributed by atoms with Gasteiger partial charge in [-0.15, -0.1) is 0 Å². The van der Waals surface area contributed by atoms with E-state index in [-0.39, 0.29) is 5.91 Å². The maximum absolute atomic E-state index is 11.7. The fourth-order valence-corrected chi connectivity index (χ4v) is 1.61. The number of rotatable bonds is 4. The van der Waals surface area contributed by atoms with Gasteiger partial charge in [0, 0.05) is 12.3 Å². The van der Waals surface area contributed by atoms with Crippen LogP contribution >= 0.6 is 0 Å². The molecular weight excluding hydrogens is 268 g/mol. The SMILES string of the molecule is COC(=O)c1ccc(NC(=O)/C=C/c2ccccc2)nc1. The molecule has 5 heteroatoms. The number of carbonyl (C=O) groups excluding carboxylic acids is 2. The maximum atomic E-state index is 11.7. The minimum atomic E-state index is -0.468. The molecule has 1 N–H and O–H groups in total. The second-order valence-corrected chi connectivity index (χ2v) is 4.16. The highest BCUT2D eigenvalue weighted by Gasteiger charge is 2.06. The van der Waals surface area contributed by atoms with Crippen molar-refractivity contribution in [1.29, 1.82) is 0 Å². The van der Waals surface area contributed by atoms with Gasteiger partial charge in [-0.1, -0.05) is 30.3 Å². The van der Waals surface area contributed by atoms with Crippen LogP contribution < -0.4 is 5.32 Å². The molecule has 0 fully saturated rings. The molecule has 0 saturated carbocycles. The number of benzene rings is 1. The molecule has 1 aromatic carbocycles. The van der Waals surface area contributed by atoms with Crippen LogP contribution in [-0.2, 0) is 9.53 Å². The van der Waals surface area contributed by atoms with Crippen molar-refractivity contribution < 1.29 is 14.3 Å². The minimum Gasteiger partial charge on any atom is -0.465 e.